The fraction of sp³-hybridized carbons (Fsp3) is 0.421. The van der Waals surface area contributed by atoms with Gasteiger partial charge in [-0.15, -0.1) is 0 Å². The molecule has 7 nitrogen and oxygen atoms in total. The molecule has 1 amide bonds. The van der Waals surface area contributed by atoms with Gasteiger partial charge in [0.15, 0.2) is 6.61 Å². The summed E-state index contributed by atoms with van der Waals surface area (Å²) < 4.78 is 14.6. The molecule has 2 atom stereocenters. The lowest BCUT2D eigenvalue weighted by Gasteiger charge is -2.21. The quantitative estimate of drug-likeness (QED) is 0.533. The number of hydrogen-bond acceptors (Lipinski definition) is 6. The van der Waals surface area contributed by atoms with Gasteiger partial charge in [0.1, 0.15) is 11.8 Å². The number of carbonyl (C=O) groups is 3. The van der Waals surface area contributed by atoms with Crippen molar-refractivity contribution in [3.05, 3.63) is 35.9 Å². The number of carbonyl (C=O) groups excluding carboxylic acids is 3. The van der Waals surface area contributed by atoms with Crippen LogP contribution in [-0.2, 0) is 23.9 Å². The van der Waals surface area contributed by atoms with Crippen LogP contribution >= 0.6 is 0 Å². The monoisotopic (exact) mass is 363 g/mol. The molecule has 1 rings (SSSR count). The average molecular weight is 363 g/mol. The second-order valence-corrected chi connectivity index (χ2v) is 5.67. The predicted molar refractivity (Wildman–Crippen MR) is 96.4 cm³/mol. The Labute approximate surface area is 153 Å². The van der Waals surface area contributed by atoms with Gasteiger partial charge in [0, 0.05) is 6.08 Å². The number of ether oxygens (including phenoxy) is 3. The minimum Gasteiger partial charge on any atom is -0.497 e. The molecule has 0 aliphatic carbocycles. The van der Waals surface area contributed by atoms with Crippen molar-refractivity contribution in [1.29, 1.82) is 0 Å². The summed E-state index contributed by atoms with van der Waals surface area (Å²) in [6.45, 7) is 3.25. The first-order chi connectivity index (χ1) is 12.4. The fourth-order valence-electron chi connectivity index (χ4n) is 2.08. The van der Waals surface area contributed by atoms with Crippen molar-refractivity contribution in [1.82, 2.24) is 5.32 Å². The highest BCUT2D eigenvalue weighted by Crippen LogP contribution is 2.12. The summed E-state index contributed by atoms with van der Waals surface area (Å²) in [4.78, 5) is 35.3. The maximum Gasteiger partial charge on any atom is 0.331 e. The zero-order valence-corrected chi connectivity index (χ0v) is 15.5. The van der Waals surface area contributed by atoms with E-state index in [4.69, 9.17) is 9.47 Å². The highest BCUT2D eigenvalue weighted by Gasteiger charge is 2.26. The van der Waals surface area contributed by atoms with E-state index in [2.05, 4.69) is 10.1 Å². The van der Waals surface area contributed by atoms with E-state index in [-0.39, 0.29) is 5.92 Å². The molecule has 1 aromatic rings. The highest BCUT2D eigenvalue weighted by molar-refractivity contribution is 5.90. The van der Waals surface area contributed by atoms with E-state index in [0.717, 1.165) is 5.56 Å². The van der Waals surface area contributed by atoms with Gasteiger partial charge in [-0.25, -0.2) is 9.59 Å². The third kappa shape index (κ3) is 6.96. The smallest absolute Gasteiger partial charge is 0.331 e. The van der Waals surface area contributed by atoms with Gasteiger partial charge >= 0.3 is 11.9 Å². The Hall–Kier alpha value is -2.83. The van der Waals surface area contributed by atoms with Gasteiger partial charge in [-0.3, -0.25) is 4.79 Å². The van der Waals surface area contributed by atoms with Gasteiger partial charge in [-0.2, -0.15) is 0 Å². The van der Waals surface area contributed by atoms with Gasteiger partial charge in [0.05, 0.1) is 14.2 Å². The van der Waals surface area contributed by atoms with Crippen molar-refractivity contribution < 1.29 is 28.6 Å². The lowest BCUT2D eigenvalue weighted by Crippen LogP contribution is -2.47. The second-order valence-electron chi connectivity index (χ2n) is 5.67. The summed E-state index contributed by atoms with van der Waals surface area (Å²) in [5.41, 5.74) is 0.787. The molecule has 0 saturated heterocycles. The molecule has 0 bridgehead atoms. The second kappa shape index (κ2) is 10.9. The van der Waals surface area contributed by atoms with E-state index in [1.54, 1.807) is 37.5 Å². The summed E-state index contributed by atoms with van der Waals surface area (Å²) in [7, 11) is 2.83. The molecule has 1 aromatic carbocycles. The van der Waals surface area contributed by atoms with Crippen LogP contribution in [0.25, 0.3) is 6.08 Å². The number of nitrogens with one attached hydrogen (secondary N) is 1. The van der Waals surface area contributed by atoms with Gasteiger partial charge in [0.25, 0.3) is 5.91 Å². The summed E-state index contributed by atoms with van der Waals surface area (Å²) in [6, 6.07) is 6.32. The van der Waals surface area contributed by atoms with E-state index in [1.165, 1.54) is 13.2 Å². The Bertz CT molecular complexity index is 638. The first-order valence-electron chi connectivity index (χ1n) is 8.27. The molecule has 0 saturated carbocycles. The van der Waals surface area contributed by atoms with Crippen molar-refractivity contribution in [3.8, 4) is 5.75 Å². The number of rotatable bonds is 9. The van der Waals surface area contributed by atoms with Crippen molar-refractivity contribution in [3.63, 3.8) is 0 Å². The maximum absolute atomic E-state index is 11.9. The Morgan fingerprint density at radius 1 is 1.15 bits per heavy atom. The first-order valence-corrected chi connectivity index (χ1v) is 8.27. The molecule has 142 valence electrons. The normalized spacial score (nSPS) is 12.9. The van der Waals surface area contributed by atoms with E-state index in [1.807, 2.05) is 13.8 Å². The van der Waals surface area contributed by atoms with Crippen LogP contribution in [0.15, 0.2) is 30.3 Å². The third-order valence-electron chi connectivity index (χ3n) is 3.86. The third-order valence-corrected chi connectivity index (χ3v) is 3.86. The number of esters is 2. The summed E-state index contributed by atoms with van der Waals surface area (Å²) in [5, 5.41) is 2.53. The van der Waals surface area contributed by atoms with Gasteiger partial charge in [-0.05, 0) is 29.7 Å². The molecule has 0 radical (unpaired) electrons. The highest BCUT2D eigenvalue weighted by atomic mass is 16.5. The van der Waals surface area contributed by atoms with Gasteiger partial charge < -0.3 is 19.5 Å². The molecular weight excluding hydrogens is 338 g/mol. The number of methoxy groups -OCH3 is 2. The predicted octanol–water partition coefficient (Wildman–Crippen LogP) is 1.96. The molecule has 26 heavy (non-hydrogen) atoms. The maximum atomic E-state index is 11.9. The minimum absolute atomic E-state index is 0.0999. The molecule has 0 unspecified atom stereocenters. The number of amides is 1. The van der Waals surface area contributed by atoms with Gasteiger partial charge in [0.2, 0.25) is 0 Å². The van der Waals surface area contributed by atoms with Crippen LogP contribution < -0.4 is 10.1 Å². The molecule has 1 N–H and O–H groups in total. The van der Waals surface area contributed by atoms with E-state index in [9.17, 15) is 14.4 Å². The zero-order chi connectivity index (χ0) is 19.5. The molecule has 0 spiro atoms. The van der Waals surface area contributed by atoms with Crippen molar-refractivity contribution in [2.45, 2.75) is 26.3 Å². The van der Waals surface area contributed by atoms with Crippen LogP contribution in [0.5, 0.6) is 5.75 Å². The number of benzene rings is 1. The summed E-state index contributed by atoms with van der Waals surface area (Å²) in [5.74, 6) is -1.14. The van der Waals surface area contributed by atoms with Crippen LogP contribution in [-0.4, -0.2) is 44.7 Å². The molecule has 0 aliphatic heterocycles. The molecule has 7 heteroatoms. The fourth-order valence-corrected chi connectivity index (χ4v) is 2.08. The Morgan fingerprint density at radius 2 is 1.81 bits per heavy atom. The summed E-state index contributed by atoms with van der Waals surface area (Å²) >= 11 is 0. The van der Waals surface area contributed by atoms with Crippen LogP contribution in [0.1, 0.15) is 25.8 Å². The van der Waals surface area contributed by atoms with Crippen molar-refractivity contribution in [2.24, 2.45) is 5.92 Å². The van der Waals surface area contributed by atoms with Crippen LogP contribution in [0.4, 0.5) is 0 Å². The Morgan fingerprint density at radius 3 is 2.35 bits per heavy atom. The van der Waals surface area contributed by atoms with Crippen LogP contribution in [0, 0.1) is 5.92 Å². The lowest BCUT2D eigenvalue weighted by molar-refractivity contribution is -0.148. The Balaban J connectivity index is 2.50. The van der Waals surface area contributed by atoms with Gasteiger partial charge in [-0.1, -0.05) is 32.4 Å². The number of hydrogen-bond donors (Lipinski definition) is 1. The zero-order valence-electron chi connectivity index (χ0n) is 15.5. The van der Waals surface area contributed by atoms with E-state index >= 15 is 0 Å². The molecular formula is C19H25NO6. The molecule has 0 fully saturated rings. The Kier molecular flexibility index (Phi) is 8.91. The topological polar surface area (TPSA) is 90.9 Å². The molecule has 0 aromatic heterocycles. The summed E-state index contributed by atoms with van der Waals surface area (Å²) in [6.07, 6.45) is 3.47. The standard InChI is InChI=1S/C19H25NO6/c1-5-13(2)18(19(23)25-4)20-16(21)12-26-17(22)11-8-14-6-9-15(24-3)10-7-14/h6-11,13,18H,5,12H2,1-4H3,(H,20,21)/b11-8+/t13-,18-/m0/s1. The van der Waals surface area contributed by atoms with Crippen LogP contribution in [0.3, 0.4) is 0 Å². The van der Waals surface area contributed by atoms with Crippen molar-refractivity contribution in [2.75, 3.05) is 20.8 Å². The first kappa shape index (κ1) is 21.2. The van der Waals surface area contributed by atoms with Crippen molar-refractivity contribution >= 4 is 23.9 Å². The molecule has 0 aliphatic rings. The SMILES string of the molecule is CC[C@H](C)[C@H](NC(=O)COC(=O)/C=C/c1ccc(OC)cc1)C(=O)OC. The minimum atomic E-state index is -0.772. The average Bonchev–Trinajstić information content (AvgIpc) is 2.67. The largest absolute Gasteiger partial charge is 0.497 e. The van der Waals surface area contributed by atoms with E-state index < -0.39 is 30.5 Å². The lowest BCUT2D eigenvalue weighted by atomic mass is 9.99. The molecule has 0 heterocycles. The van der Waals surface area contributed by atoms with E-state index in [0.29, 0.717) is 12.2 Å². The van der Waals surface area contributed by atoms with Crippen LogP contribution in [0.2, 0.25) is 0 Å².